The van der Waals surface area contributed by atoms with Crippen LogP contribution in [0, 0.1) is 0 Å². The first-order chi connectivity index (χ1) is 6.27. The molecule has 0 unspecified atom stereocenters. The Balaban J connectivity index is 2.81. The quantitative estimate of drug-likeness (QED) is 0.714. The molecule has 0 spiro atoms. The number of aryl methyl sites for hydroxylation is 1. The monoisotopic (exact) mass is 180 g/mol. The van der Waals surface area contributed by atoms with Crippen LogP contribution in [0.4, 0.5) is 4.39 Å². The van der Waals surface area contributed by atoms with E-state index in [4.69, 9.17) is 0 Å². The fraction of sp³-hybridized carbons (Fsp3) is 0.400. The van der Waals surface area contributed by atoms with Gasteiger partial charge in [0.25, 0.3) is 0 Å². The number of allylic oxidation sites excluding steroid dienone is 1. The number of aromatic nitrogens is 2. The number of hydrogen-bond acceptors (Lipinski definition) is 2. The summed E-state index contributed by atoms with van der Waals surface area (Å²) in [6.07, 6.45) is 6.40. The number of hydrogen-bond donors (Lipinski definition) is 0. The second-order valence-electron chi connectivity index (χ2n) is 2.78. The summed E-state index contributed by atoms with van der Waals surface area (Å²) in [5, 5.41) is 0. The average Bonchev–Trinajstić information content (AvgIpc) is 2.18. The molecule has 0 amide bonds. The van der Waals surface area contributed by atoms with E-state index in [2.05, 4.69) is 16.9 Å². The fourth-order valence-corrected chi connectivity index (χ4v) is 1.01. The minimum atomic E-state index is -0.324. The van der Waals surface area contributed by atoms with Crippen LogP contribution >= 0.6 is 0 Å². The third-order valence-corrected chi connectivity index (χ3v) is 1.71. The summed E-state index contributed by atoms with van der Waals surface area (Å²) in [4.78, 5) is 8.06. The highest BCUT2D eigenvalue weighted by molar-refractivity contribution is 5.53. The molecule has 0 aromatic carbocycles. The van der Waals surface area contributed by atoms with Crippen LogP contribution < -0.4 is 0 Å². The Labute approximate surface area is 77.5 Å². The van der Waals surface area contributed by atoms with Crippen LogP contribution in [-0.4, -0.2) is 9.97 Å². The van der Waals surface area contributed by atoms with Crippen molar-refractivity contribution >= 4 is 5.83 Å². The first kappa shape index (κ1) is 9.84. The highest BCUT2D eigenvalue weighted by Crippen LogP contribution is 2.11. The lowest BCUT2D eigenvalue weighted by Gasteiger charge is -1.98. The Morgan fingerprint density at radius 1 is 1.46 bits per heavy atom. The van der Waals surface area contributed by atoms with Gasteiger partial charge in [0.1, 0.15) is 11.5 Å². The lowest BCUT2D eigenvalue weighted by molar-refractivity contribution is 0.746. The van der Waals surface area contributed by atoms with Crippen molar-refractivity contribution in [1.82, 2.24) is 9.97 Å². The molecule has 0 fully saturated rings. The second kappa shape index (κ2) is 4.70. The molecular formula is C10H13FN2. The second-order valence-corrected chi connectivity index (χ2v) is 2.78. The maximum absolute atomic E-state index is 12.9. The Kier molecular flexibility index (Phi) is 3.55. The molecule has 0 aliphatic carbocycles. The van der Waals surface area contributed by atoms with Gasteiger partial charge in [0.15, 0.2) is 0 Å². The van der Waals surface area contributed by atoms with Crippen LogP contribution in [-0.2, 0) is 6.42 Å². The van der Waals surface area contributed by atoms with Gasteiger partial charge in [0.05, 0.1) is 11.9 Å². The van der Waals surface area contributed by atoms with E-state index < -0.39 is 0 Å². The van der Waals surface area contributed by atoms with E-state index in [1.807, 2.05) is 0 Å². The molecule has 1 aromatic rings. The van der Waals surface area contributed by atoms with Crippen molar-refractivity contribution in [2.24, 2.45) is 0 Å². The summed E-state index contributed by atoms with van der Waals surface area (Å²) in [7, 11) is 0. The molecule has 0 saturated heterocycles. The minimum Gasteiger partial charge on any atom is -0.257 e. The maximum Gasteiger partial charge on any atom is 0.146 e. The van der Waals surface area contributed by atoms with Crippen LogP contribution in [0.25, 0.3) is 5.83 Å². The highest BCUT2D eigenvalue weighted by atomic mass is 19.1. The molecule has 0 bridgehead atoms. The van der Waals surface area contributed by atoms with E-state index in [1.54, 1.807) is 13.1 Å². The Morgan fingerprint density at radius 3 is 2.69 bits per heavy atom. The van der Waals surface area contributed by atoms with Gasteiger partial charge in [0.2, 0.25) is 0 Å². The van der Waals surface area contributed by atoms with Crippen molar-refractivity contribution in [3.05, 3.63) is 29.9 Å². The van der Waals surface area contributed by atoms with Crippen molar-refractivity contribution < 1.29 is 4.39 Å². The zero-order valence-electron chi connectivity index (χ0n) is 7.92. The lowest BCUT2D eigenvalue weighted by Crippen LogP contribution is -1.93. The van der Waals surface area contributed by atoms with Crippen molar-refractivity contribution in [2.45, 2.75) is 26.7 Å². The van der Waals surface area contributed by atoms with Crippen molar-refractivity contribution in [3.8, 4) is 0 Å². The summed E-state index contributed by atoms with van der Waals surface area (Å²) in [5.74, 6) is -0.324. The highest BCUT2D eigenvalue weighted by Gasteiger charge is 2.00. The number of rotatable bonds is 3. The van der Waals surface area contributed by atoms with Gasteiger partial charge in [-0.15, -0.1) is 0 Å². The molecule has 0 aliphatic rings. The summed E-state index contributed by atoms with van der Waals surface area (Å²) in [6, 6.07) is 0. The van der Waals surface area contributed by atoms with Gasteiger partial charge in [-0.05, 0) is 19.4 Å². The van der Waals surface area contributed by atoms with Gasteiger partial charge in [-0.25, -0.2) is 4.39 Å². The molecule has 0 N–H and O–H groups in total. The van der Waals surface area contributed by atoms with E-state index in [0.717, 1.165) is 18.5 Å². The third kappa shape index (κ3) is 2.61. The van der Waals surface area contributed by atoms with Crippen LogP contribution in [0.1, 0.15) is 31.7 Å². The van der Waals surface area contributed by atoms with Crippen molar-refractivity contribution in [1.29, 1.82) is 0 Å². The van der Waals surface area contributed by atoms with Gasteiger partial charge >= 0.3 is 0 Å². The number of nitrogens with zero attached hydrogens (tertiary/aromatic N) is 2. The summed E-state index contributed by atoms with van der Waals surface area (Å²) in [6.45, 7) is 3.71. The third-order valence-electron chi connectivity index (χ3n) is 1.71. The zero-order valence-corrected chi connectivity index (χ0v) is 7.92. The van der Waals surface area contributed by atoms with E-state index in [-0.39, 0.29) is 5.83 Å². The van der Waals surface area contributed by atoms with E-state index in [1.165, 1.54) is 12.3 Å². The van der Waals surface area contributed by atoms with Crippen LogP contribution in [0.5, 0.6) is 0 Å². The van der Waals surface area contributed by atoms with Gasteiger partial charge < -0.3 is 0 Å². The predicted octanol–water partition coefficient (Wildman–Crippen LogP) is 2.76. The fourth-order valence-electron chi connectivity index (χ4n) is 1.01. The first-order valence-corrected chi connectivity index (χ1v) is 4.41. The molecular weight excluding hydrogens is 167 g/mol. The molecule has 1 aromatic heterocycles. The molecule has 13 heavy (non-hydrogen) atoms. The van der Waals surface area contributed by atoms with E-state index in [0.29, 0.717) is 5.69 Å². The average molecular weight is 180 g/mol. The normalized spacial score (nSPS) is 11.8. The maximum atomic E-state index is 12.9. The van der Waals surface area contributed by atoms with Crippen LogP contribution in [0.3, 0.4) is 0 Å². The van der Waals surface area contributed by atoms with Crippen LogP contribution in [0.15, 0.2) is 18.5 Å². The van der Waals surface area contributed by atoms with Gasteiger partial charge in [-0.1, -0.05) is 13.3 Å². The minimum absolute atomic E-state index is 0.308. The van der Waals surface area contributed by atoms with Gasteiger partial charge in [0, 0.05) is 6.20 Å². The molecule has 2 nitrogen and oxygen atoms in total. The largest absolute Gasteiger partial charge is 0.257 e. The molecule has 1 heterocycles. The SMILES string of the molecule is C/C=C(\F)c1cnc(CCC)cn1. The van der Waals surface area contributed by atoms with Crippen molar-refractivity contribution in [3.63, 3.8) is 0 Å². The molecule has 3 heteroatoms. The summed E-state index contributed by atoms with van der Waals surface area (Å²) >= 11 is 0. The molecule has 0 atom stereocenters. The molecule has 70 valence electrons. The Hall–Kier alpha value is -1.25. The Bertz CT molecular complexity index is 290. The molecule has 0 radical (unpaired) electrons. The first-order valence-electron chi connectivity index (χ1n) is 4.41. The van der Waals surface area contributed by atoms with Crippen LogP contribution in [0.2, 0.25) is 0 Å². The Morgan fingerprint density at radius 2 is 2.23 bits per heavy atom. The smallest absolute Gasteiger partial charge is 0.146 e. The van der Waals surface area contributed by atoms with E-state index >= 15 is 0 Å². The zero-order chi connectivity index (χ0) is 9.68. The summed E-state index contributed by atoms with van der Waals surface area (Å²) in [5.41, 5.74) is 1.22. The summed E-state index contributed by atoms with van der Waals surface area (Å²) < 4.78 is 12.9. The van der Waals surface area contributed by atoms with Gasteiger partial charge in [-0.2, -0.15) is 0 Å². The predicted molar refractivity (Wildman–Crippen MR) is 50.8 cm³/mol. The van der Waals surface area contributed by atoms with E-state index in [9.17, 15) is 4.39 Å². The molecule has 0 aliphatic heterocycles. The van der Waals surface area contributed by atoms with Gasteiger partial charge in [-0.3, -0.25) is 9.97 Å². The number of halogens is 1. The molecule has 0 saturated carbocycles. The lowest BCUT2D eigenvalue weighted by atomic mass is 10.2. The standard InChI is InChI=1S/C10H13FN2/c1-3-5-8-6-13-10(7-12-8)9(11)4-2/h4,6-7H,3,5H2,1-2H3/b9-4-. The topological polar surface area (TPSA) is 25.8 Å². The van der Waals surface area contributed by atoms with Crippen molar-refractivity contribution in [2.75, 3.05) is 0 Å². The molecule has 1 rings (SSSR count).